The minimum atomic E-state index is -0.246. The first-order chi connectivity index (χ1) is 9.17. The molecule has 1 rings (SSSR count). The normalized spacial score (nSPS) is 12.2. The van der Waals surface area contributed by atoms with Crippen molar-refractivity contribution in [1.82, 2.24) is 0 Å². The lowest BCUT2D eigenvalue weighted by Gasteiger charge is -2.16. The van der Waals surface area contributed by atoms with Crippen molar-refractivity contribution >= 4 is 5.97 Å². The van der Waals surface area contributed by atoms with Crippen molar-refractivity contribution in [2.75, 3.05) is 6.61 Å². The molecule has 0 radical (unpaired) electrons. The molecule has 2 nitrogen and oxygen atoms in total. The summed E-state index contributed by atoms with van der Waals surface area (Å²) in [5, 5.41) is 0. The van der Waals surface area contributed by atoms with E-state index in [1.54, 1.807) is 12.1 Å². The number of benzene rings is 1. The quantitative estimate of drug-likeness (QED) is 0.513. The van der Waals surface area contributed by atoms with Gasteiger partial charge in [0.25, 0.3) is 0 Å². The number of rotatable bonds is 8. The van der Waals surface area contributed by atoms with E-state index in [2.05, 4.69) is 13.8 Å². The van der Waals surface area contributed by atoms with Crippen molar-refractivity contribution in [3.8, 4) is 0 Å². The maximum absolute atomic E-state index is 12.9. The predicted molar refractivity (Wildman–Crippen MR) is 74.5 cm³/mol. The van der Waals surface area contributed by atoms with Crippen molar-refractivity contribution in [1.29, 1.82) is 0 Å². The third kappa shape index (κ3) is 5.86. The van der Waals surface area contributed by atoms with Gasteiger partial charge in [0.2, 0.25) is 0 Å². The van der Waals surface area contributed by atoms with Crippen LogP contribution in [-0.4, -0.2) is 12.6 Å². The molecule has 0 spiro atoms. The van der Waals surface area contributed by atoms with Gasteiger partial charge < -0.3 is 4.74 Å². The average Bonchev–Trinajstić information content (AvgIpc) is 2.39. The van der Waals surface area contributed by atoms with Crippen LogP contribution in [0.3, 0.4) is 0 Å². The lowest BCUT2D eigenvalue weighted by molar-refractivity contribution is -0.144. The van der Waals surface area contributed by atoms with Crippen molar-refractivity contribution in [3.05, 3.63) is 35.6 Å². The van der Waals surface area contributed by atoms with Gasteiger partial charge in [-0.3, -0.25) is 4.79 Å². The van der Waals surface area contributed by atoms with Gasteiger partial charge >= 0.3 is 5.97 Å². The Morgan fingerprint density at radius 3 is 2.47 bits per heavy atom. The van der Waals surface area contributed by atoms with Crippen LogP contribution in [0.1, 0.15) is 57.4 Å². The number of unbranched alkanes of at least 4 members (excludes halogenated alkanes) is 1. The Bertz CT molecular complexity index is 373. The molecular formula is C16H23FO2. The van der Waals surface area contributed by atoms with Crippen molar-refractivity contribution < 1.29 is 13.9 Å². The summed E-state index contributed by atoms with van der Waals surface area (Å²) in [6.45, 7) is 4.64. The Labute approximate surface area is 115 Å². The SMILES string of the molecule is CCCCOC(=O)CC(CCC)c1ccc(F)cc1. The van der Waals surface area contributed by atoms with Crippen molar-refractivity contribution in [2.45, 2.75) is 51.9 Å². The van der Waals surface area contributed by atoms with Crippen LogP contribution >= 0.6 is 0 Å². The summed E-state index contributed by atoms with van der Waals surface area (Å²) >= 11 is 0. The predicted octanol–water partition coefficient (Wildman–Crippen LogP) is 4.44. The number of hydrogen-bond acceptors (Lipinski definition) is 2. The highest BCUT2D eigenvalue weighted by molar-refractivity contribution is 5.70. The lowest BCUT2D eigenvalue weighted by Crippen LogP contribution is -2.11. The standard InChI is InChI=1S/C16H23FO2/c1-3-5-11-19-16(18)12-14(6-4-2)13-7-9-15(17)10-8-13/h7-10,14H,3-6,11-12H2,1-2H3. The number of hydrogen-bond donors (Lipinski definition) is 0. The first-order valence-corrected chi connectivity index (χ1v) is 7.08. The first kappa shape index (κ1) is 15.7. The van der Waals surface area contributed by atoms with Gasteiger partial charge in [0, 0.05) is 0 Å². The fraction of sp³-hybridized carbons (Fsp3) is 0.562. The Kier molecular flexibility index (Phi) is 7.16. The largest absolute Gasteiger partial charge is 0.466 e. The molecule has 0 bridgehead atoms. The van der Waals surface area contributed by atoms with E-state index in [0.29, 0.717) is 13.0 Å². The molecule has 0 amide bonds. The molecule has 1 aromatic rings. The number of ether oxygens (including phenoxy) is 1. The smallest absolute Gasteiger partial charge is 0.306 e. The molecule has 19 heavy (non-hydrogen) atoms. The molecule has 0 aliphatic carbocycles. The summed E-state index contributed by atoms with van der Waals surface area (Å²) in [5.41, 5.74) is 1.01. The molecule has 0 aromatic heterocycles. The fourth-order valence-corrected chi connectivity index (χ4v) is 2.06. The Morgan fingerprint density at radius 1 is 1.21 bits per heavy atom. The van der Waals surface area contributed by atoms with Crippen LogP contribution in [0.5, 0.6) is 0 Å². The fourth-order valence-electron chi connectivity index (χ4n) is 2.06. The zero-order chi connectivity index (χ0) is 14.1. The van der Waals surface area contributed by atoms with E-state index < -0.39 is 0 Å². The van der Waals surface area contributed by atoms with E-state index in [4.69, 9.17) is 4.74 Å². The second-order valence-corrected chi connectivity index (χ2v) is 4.82. The van der Waals surface area contributed by atoms with Gasteiger partial charge in [-0.15, -0.1) is 0 Å². The minimum Gasteiger partial charge on any atom is -0.466 e. The van der Waals surface area contributed by atoms with Crippen LogP contribution in [0.15, 0.2) is 24.3 Å². The van der Waals surface area contributed by atoms with E-state index in [1.807, 2.05) is 0 Å². The van der Waals surface area contributed by atoms with Crippen LogP contribution in [-0.2, 0) is 9.53 Å². The molecule has 0 aliphatic rings. The lowest BCUT2D eigenvalue weighted by atomic mass is 9.91. The summed E-state index contributed by atoms with van der Waals surface area (Å²) in [7, 11) is 0. The zero-order valence-electron chi connectivity index (χ0n) is 11.8. The van der Waals surface area contributed by atoms with Crippen LogP contribution < -0.4 is 0 Å². The number of esters is 1. The highest BCUT2D eigenvalue weighted by atomic mass is 19.1. The van der Waals surface area contributed by atoms with E-state index in [9.17, 15) is 9.18 Å². The van der Waals surface area contributed by atoms with Gasteiger partial charge in [-0.05, 0) is 36.5 Å². The molecule has 0 N–H and O–H groups in total. The molecule has 0 saturated carbocycles. The van der Waals surface area contributed by atoms with E-state index in [0.717, 1.165) is 31.2 Å². The van der Waals surface area contributed by atoms with Gasteiger partial charge in [-0.25, -0.2) is 4.39 Å². The number of carbonyl (C=O) groups excluding carboxylic acids is 1. The second kappa shape index (κ2) is 8.68. The molecule has 0 heterocycles. The van der Waals surface area contributed by atoms with Crippen LogP contribution in [0.25, 0.3) is 0 Å². The van der Waals surface area contributed by atoms with Crippen LogP contribution in [0.4, 0.5) is 4.39 Å². The van der Waals surface area contributed by atoms with E-state index in [-0.39, 0.29) is 17.7 Å². The Hall–Kier alpha value is -1.38. The second-order valence-electron chi connectivity index (χ2n) is 4.82. The van der Waals surface area contributed by atoms with Crippen molar-refractivity contribution in [2.24, 2.45) is 0 Å². The first-order valence-electron chi connectivity index (χ1n) is 7.08. The molecule has 0 aliphatic heterocycles. The molecule has 106 valence electrons. The third-order valence-electron chi connectivity index (χ3n) is 3.15. The molecule has 3 heteroatoms. The van der Waals surface area contributed by atoms with E-state index >= 15 is 0 Å². The summed E-state index contributed by atoms with van der Waals surface area (Å²) < 4.78 is 18.1. The summed E-state index contributed by atoms with van der Waals surface area (Å²) in [4.78, 5) is 11.7. The van der Waals surface area contributed by atoms with Gasteiger partial charge in [0.05, 0.1) is 13.0 Å². The molecule has 0 saturated heterocycles. The van der Waals surface area contributed by atoms with E-state index in [1.165, 1.54) is 12.1 Å². The molecular weight excluding hydrogens is 243 g/mol. The number of halogens is 1. The average molecular weight is 266 g/mol. The highest BCUT2D eigenvalue weighted by Gasteiger charge is 2.16. The van der Waals surface area contributed by atoms with Gasteiger partial charge in [-0.2, -0.15) is 0 Å². The maximum Gasteiger partial charge on any atom is 0.306 e. The topological polar surface area (TPSA) is 26.3 Å². The molecule has 1 atom stereocenters. The van der Waals surface area contributed by atoms with Gasteiger partial charge in [-0.1, -0.05) is 38.8 Å². The van der Waals surface area contributed by atoms with Gasteiger partial charge in [0.1, 0.15) is 5.82 Å². The maximum atomic E-state index is 12.9. The minimum absolute atomic E-state index is 0.125. The van der Waals surface area contributed by atoms with Crippen LogP contribution in [0, 0.1) is 5.82 Å². The van der Waals surface area contributed by atoms with Gasteiger partial charge in [0.15, 0.2) is 0 Å². The Balaban J connectivity index is 2.57. The zero-order valence-corrected chi connectivity index (χ0v) is 11.8. The summed E-state index contributed by atoms with van der Waals surface area (Å²) in [6, 6.07) is 6.41. The van der Waals surface area contributed by atoms with Crippen LogP contribution in [0.2, 0.25) is 0 Å². The van der Waals surface area contributed by atoms with Crippen molar-refractivity contribution in [3.63, 3.8) is 0 Å². The number of carbonyl (C=O) groups is 1. The molecule has 1 aromatic carbocycles. The molecule has 0 fully saturated rings. The highest BCUT2D eigenvalue weighted by Crippen LogP contribution is 2.25. The summed E-state index contributed by atoms with van der Waals surface area (Å²) in [6.07, 6.45) is 4.20. The summed E-state index contributed by atoms with van der Waals surface area (Å²) in [5.74, 6) is -0.277. The molecule has 1 unspecified atom stereocenters. The monoisotopic (exact) mass is 266 g/mol. The Morgan fingerprint density at radius 2 is 1.89 bits per heavy atom. The third-order valence-corrected chi connectivity index (χ3v) is 3.15.